The summed E-state index contributed by atoms with van der Waals surface area (Å²) in [5, 5.41) is 17.7. The van der Waals surface area contributed by atoms with E-state index in [2.05, 4.69) is 40.5 Å². The van der Waals surface area contributed by atoms with Gasteiger partial charge >= 0.3 is 5.97 Å². The first kappa shape index (κ1) is 23.4. The highest BCUT2D eigenvalue weighted by Gasteiger charge is 2.17. The minimum atomic E-state index is -3.09. The second-order valence-corrected chi connectivity index (χ2v) is 10.6. The van der Waals surface area contributed by atoms with Crippen LogP contribution in [0.5, 0.6) is 0 Å². The van der Waals surface area contributed by atoms with Crippen molar-refractivity contribution in [2.75, 3.05) is 17.3 Å². The van der Waals surface area contributed by atoms with Gasteiger partial charge in [0, 0.05) is 36.5 Å². The van der Waals surface area contributed by atoms with Crippen molar-refractivity contribution >= 4 is 32.5 Å². The number of nitrogens with zero attached hydrogens (tertiary/aromatic N) is 3. The van der Waals surface area contributed by atoms with Crippen molar-refractivity contribution in [3.8, 4) is 11.1 Å². The number of aryl methyl sites for hydroxylation is 2. The Bertz CT molecular complexity index is 1440. The minimum Gasteiger partial charge on any atom is -0.476 e. The molecular weight excluding hydrogens is 452 g/mol. The van der Waals surface area contributed by atoms with Crippen molar-refractivity contribution in [2.24, 2.45) is 0 Å². The molecule has 0 bridgehead atoms. The Morgan fingerprint density at radius 1 is 1.09 bits per heavy atom. The van der Waals surface area contributed by atoms with Crippen molar-refractivity contribution in [2.45, 2.75) is 26.4 Å². The lowest BCUT2D eigenvalue weighted by atomic mass is 10.0. The largest absolute Gasteiger partial charge is 0.476 e. The number of aromatic carboxylic acids is 1. The first-order valence-corrected chi connectivity index (χ1v) is 12.9. The van der Waals surface area contributed by atoms with Crippen LogP contribution in [-0.4, -0.2) is 46.3 Å². The van der Waals surface area contributed by atoms with Gasteiger partial charge < -0.3 is 10.4 Å². The molecule has 2 aromatic carbocycles. The highest BCUT2D eigenvalue weighted by molar-refractivity contribution is 7.90. The quantitative estimate of drug-likeness (QED) is 0.371. The van der Waals surface area contributed by atoms with Gasteiger partial charge in [-0.25, -0.2) is 18.2 Å². The number of benzene rings is 2. The summed E-state index contributed by atoms with van der Waals surface area (Å²) in [6.07, 6.45) is 3.29. The zero-order valence-electron chi connectivity index (χ0n) is 19.0. The van der Waals surface area contributed by atoms with Gasteiger partial charge in [0.25, 0.3) is 0 Å². The third-order valence-electron chi connectivity index (χ3n) is 5.49. The maximum Gasteiger partial charge on any atom is 0.357 e. The average molecular weight is 479 g/mol. The van der Waals surface area contributed by atoms with Gasteiger partial charge in [-0.3, -0.25) is 4.68 Å². The number of rotatable bonds is 9. The molecule has 2 N–H and O–H groups in total. The highest BCUT2D eigenvalue weighted by atomic mass is 32.2. The van der Waals surface area contributed by atoms with Crippen LogP contribution in [0.25, 0.3) is 22.0 Å². The molecule has 0 aliphatic heterocycles. The average Bonchev–Trinajstić information content (AvgIpc) is 3.15. The Labute approximate surface area is 198 Å². The summed E-state index contributed by atoms with van der Waals surface area (Å²) in [5.74, 6) is -0.362. The van der Waals surface area contributed by atoms with Gasteiger partial charge in [-0.1, -0.05) is 35.9 Å². The third kappa shape index (κ3) is 5.60. The number of sulfone groups is 1. The van der Waals surface area contributed by atoms with E-state index in [1.54, 1.807) is 16.9 Å². The Hall–Kier alpha value is -3.72. The summed E-state index contributed by atoms with van der Waals surface area (Å²) in [5.41, 5.74) is 4.65. The van der Waals surface area contributed by atoms with Gasteiger partial charge in [0.1, 0.15) is 15.7 Å². The van der Waals surface area contributed by atoms with E-state index in [1.807, 2.05) is 30.3 Å². The number of fused-ring (bicyclic) bond motifs is 1. The fourth-order valence-electron chi connectivity index (χ4n) is 3.85. The number of nitrogens with one attached hydrogen (secondary N) is 1. The number of anilines is 1. The SMILES string of the molecule is Cc1cccc(CNc2ccc(-c3ccc4c(c3)c(C(=O)O)nn4CCCS(C)(=O)=O)cn2)c1. The summed E-state index contributed by atoms with van der Waals surface area (Å²) in [6, 6.07) is 17.6. The molecule has 0 spiro atoms. The maximum atomic E-state index is 11.8. The van der Waals surface area contributed by atoms with Crippen molar-refractivity contribution in [1.29, 1.82) is 0 Å². The molecule has 8 nitrogen and oxygen atoms in total. The molecule has 0 atom stereocenters. The monoisotopic (exact) mass is 478 g/mol. The molecule has 0 radical (unpaired) electrons. The molecule has 4 aromatic rings. The standard InChI is InChI=1S/C25H26N4O4S/c1-17-5-3-6-18(13-17)15-26-23-10-8-20(16-27-23)19-7-9-22-21(14-19)24(25(30)31)28-29(22)11-4-12-34(2,32)33/h3,5-10,13-14,16H,4,11-12,15H2,1-2H3,(H,26,27)(H,30,31). The second kappa shape index (κ2) is 9.64. The van der Waals surface area contributed by atoms with E-state index in [1.165, 1.54) is 17.4 Å². The zero-order valence-corrected chi connectivity index (χ0v) is 19.8. The number of pyridine rings is 1. The molecule has 0 saturated heterocycles. The second-order valence-electron chi connectivity index (χ2n) is 8.37. The lowest BCUT2D eigenvalue weighted by molar-refractivity contribution is 0.0691. The van der Waals surface area contributed by atoms with Crippen LogP contribution in [-0.2, 0) is 22.9 Å². The number of hydrogen-bond acceptors (Lipinski definition) is 6. The van der Waals surface area contributed by atoms with Gasteiger partial charge in [0.15, 0.2) is 5.69 Å². The number of aromatic nitrogens is 3. The third-order valence-corrected chi connectivity index (χ3v) is 6.52. The zero-order chi connectivity index (χ0) is 24.3. The molecule has 2 heterocycles. The molecule has 9 heteroatoms. The summed E-state index contributed by atoms with van der Waals surface area (Å²) < 4.78 is 24.4. The van der Waals surface area contributed by atoms with Gasteiger partial charge in [0.2, 0.25) is 0 Å². The minimum absolute atomic E-state index is 0.0186. The van der Waals surface area contributed by atoms with Crippen LogP contribution in [0.4, 0.5) is 5.82 Å². The first-order valence-electron chi connectivity index (χ1n) is 10.9. The molecule has 0 aliphatic rings. The van der Waals surface area contributed by atoms with Gasteiger partial charge in [-0.05, 0) is 48.7 Å². The Kier molecular flexibility index (Phi) is 6.65. The van der Waals surface area contributed by atoms with Crippen LogP contribution in [0, 0.1) is 6.92 Å². The Balaban J connectivity index is 1.54. The molecule has 0 unspecified atom stereocenters. The summed E-state index contributed by atoms with van der Waals surface area (Å²) in [6.45, 7) is 3.04. The number of carbonyl (C=O) groups is 1. The van der Waals surface area contributed by atoms with Crippen molar-refractivity contribution in [1.82, 2.24) is 14.8 Å². The van der Waals surface area contributed by atoms with Crippen molar-refractivity contribution in [3.05, 3.63) is 77.6 Å². The highest BCUT2D eigenvalue weighted by Crippen LogP contribution is 2.27. The molecule has 176 valence electrons. The summed E-state index contributed by atoms with van der Waals surface area (Å²) in [4.78, 5) is 16.3. The lowest BCUT2D eigenvalue weighted by Crippen LogP contribution is -2.09. The van der Waals surface area contributed by atoms with Gasteiger partial charge in [-0.2, -0.15) is 5.10 Å². The van der Waals surface area contributed by atoms with E-state index in [0.29, 0.717) is 30.4 Å². The topological polar surface area (TPSA) is 114 Å². The van der Waals surface area contributed by atoms with Crippen LogP contribution in [0.1, 0.15) is 28.0 Å². The molecule has 0 saturated carbocycles. The molecule has 2 aromatic heterocycles. The summed E-state index contributed by atoms with van der Waals surface area (Å²) in [7, 11) is -3.09. The Morgan fingerprint density at radius 2 is 1.88 bits per heavy atom. The smallest absolute Gasteiger partial charge is 0.357 e. The van der Waals surface area contributed by atoms with E-state index in [-0.39, 0.29) is 11.4 Å². The molecule has 0 fully saturated rings. The van der Waals surface area contributed by atoms with Crippen LogP contribution in [0.2, 0.25) is 0 Å². The van der Waals surface area contributed by atoms with E-state index >= 15 is 0 Å². The lowest BCUT2D eigenvalue weighted by Gasteiger charge is -2.08. The summed E-state index contributed by atoms with van der Waals surface area (Å²) >= 11 is 0. The van der Waals surface area contributed by atoms with Crippen LogP contribution >= 0.6 is 0 Å². The molecule has 0 aliphatic carbocycles. The van der Waals surface area contributed by atoms with Crippen LogP contribution in [0.3, 0.4) is 0 Å². The Morgan fingerprint density at radius 3 is 2.56 bits per heavy atom. The number of carboxylic acid groups (broad SMARTS) is 1. The first-order chi connectivity index (χ1) is 16.2. The normalized spacial score (nSPS) is 11.6. The van der Waals surface area contributed by atoms with Crippen LogP contribution in [0.15, 0.2) is 60.8 Å². The molecule has 4 rings (SSSR count). The van der Waals surface area contributed by atoms with Gasteiger partial charge in [0.05, 0.1) is 11.3 Å². The van der Waals surface area contributed by atoms with Crippen molar-refractivity contribution < 1.29 is 18.3 Å². The maximum absolute atomic E-state index is 11.8. The number of carboxylic acids is 1. The van der Waals surface area contributed by atoms with Gasteiger partial charge in [-0.15, -0.1) is 0 Å². The number of hydrogen-bond donors (Lipinski definition) is 2. The van der Waals surface area contributed by atoms with E-state index < -0.39 is 15.8 Å². The molecule has 0 amide bonds. The van der Waals surface area contributed by atoms with Crippen LogP contribution < -0.4 is 5.32 Å². The molecule has 34 heavy (non-hydrogen) atoms. The predicted molar refractivity (Wildman–Crippen MR) is 133 cm³/mol. The van der Waals surface area contributed by atoms with E-state index in [9.17, 15) is 18.3 Å². The predicted octanol–water partition coefficient (Wildman–Crippen LogP) is 4.15. The molecular formula is C25H26N4O4S. The van der Waals surface area contributed by atoms with E-state index in [0.717, 1.165) is 16.9 Å². The van der Waals surface area contributed by atoms with Crippen molar-refractivity contribution in [3.63, 3.8) is 0 Å². The van der Waals surface area contributed by atoms with E-state index in [4.69, 9.17) is 0 Å². The fourth-order valence-corrected chi connectivity index (χ4v) is 4.50. The fraction of sp³-hybridized carbons (Fsp3) is 0.240.